The summed E-state index contributed by atoms with van der Waals surface area (Å²) in [6, 6.07) is 15.9. The first-order chi connectivity index (χ1) is 14.1. The van der Waals surface area contributed by atoms with Crippen LogP contribution in [0.2, 0.25) is 0 Å². The van der Waals surface area contributed by atoms with Crippen LogP contribution in [-0.4, -0.2) is 24.3 Å². The second-order valence-corrected chi connectivity index (χ2v) is 9.27. The van der Waals surface area contributed by atoms with Gasteiger partial charge in [-0.2, -0.15) is 0 Å². The van der Waals surface area contributed by atoms with Crippen LogP contribution in [0.15, 0.2) is 48.5 Å². The van der Waals surface area contributed by atoms with Gasteiger partial charge in [0.15, 0.2) is 0 Å². The molecule has 3 heteroatoms. The predicted molar refractivity (Wildman–Crippen MR) is 117 cm³/mol. The molecule has 2 nitrogen and oxygen atoms in total. The van der Waals surface area contributed by atoms with Crippen molar-refractivity contribution in [3.8, 4) is 0 Å². The molecule has 0 aromatic heterocycles. The van der Waals surface area contributed by atoms with Crippen LogP contribution in [0.3, 0.4) is 0 Å². The molecule has 0 radical (unpaired) electrons. The van der Waals surface area contributed by atoms with E-state index in [9.17, 15) is 4.39 Å². The molecule has 0 amide bonds. The van der Waals surface area contributed by atoms with E-state index in [0.29, 0.717) is 0 Å². The minimum atomic E-state index is -0.159. The third kappa shape index (κ3) is 5.26. The van der Waals surface area contributed by atoms with Gasteiger partial charge in [-0.3, -0.25) is 0 Å². The van der Waals surface area contributed by atoms with Gasteiger partial charge in [-0.15, -0.1) is 0 Å². The maximum atomic E-state index is 13.4. The van der Waals surface area contributed by atoms with Crippen molar-refractivity contribution in [3.63, 3.8) is 0 Å². The van der Waals surface area contributed by atoms with Crippen LogP contribution in [0.5, 0.6) is 0 Å². The summed E-state index contributed by atoms with van der Waals surface area (Å²) in [6.45, 7) is 3.99. The molecule has 156 valence electrons. The molecule has 1 saturated carbocycles. The summed E-state index contributed by atoms with van der Waals surface area (Å²) in [5.74, 6) is -0.159. The summed E-state index contributed by atoms with van der Waals surface area (Å²) in [4.78, 5) is 0. The average molecular weight is 396 g/mol. The van der Waals surface area contributed by atoms with Gasteiger partial charge in [0.05, 0.1) is 5.60 Å². The van der Waals surface area contributed by atoms with Crippen molar-refractivity contribution in [2.75, 3.05) is 13.2 Å². The van der Waals surface area contributed by atoms with Gasteiger partial charge in [-0.05, 0) is 81.7 Å². The Bertz CT molecular complexity index is 797. The Balaban J connectivity index is 1.43. The Labute approximate surface area is 174 Å². The first-order valence-corrected chi connectivity index (χ1v) is 11.3. The lowest BCUT2D eigenvalue weighted by atomic mass is 9.75. The molecule has 2 fully saturated rings. The van der Waals surface area contributed by atoms with Gasteiger partial charge >= 0.3 is 0 Å². The fourth-order valence-electron chi connectivity index (χ4n) is 5.43. The van der Waals surface area contributed by atoms with Crippen LogP contribution < -0.4 is 5.32 Å². The lowest BCUT2D eigenvalue weighted by Gasteiger charge is -2.47. The van der Waals surface area contributed by atoms with E-state index >= 15 is 0 Å². The molecular weight excluding hydrogens is 361 g/mol. The third-order valence-electron chi connectivity index (χ3n) is 6.84. The van der Waals surface area contributed by atoms with Crippen molar-refractivity contribution in [2.45, 2.75) is 75.9 Å². The molecule has 4 rings (SSSR count). The van der Waals surface area contributed by atoms with E-state index in [1.807, 2.05) is 12.1 Å². The van der Waals surface area contributed by atoms with Crippen molar-refractivity contribution in [2.24, 2.45) is 0 Å². The minimum Gasteiger partial charge on any atom is -0.375 e. The topological polar surface area (TPSA) is 21.3 Å². The van der Waals surface area contributed by atoms with Gasteiger partial charge in [-0.25, -0.2) is 4.39 Å². The summed E-state index contributed by atoms with van der Waals surface area (Å²) < 4.78 is 19.7. The fourth-order valence-corrected chi connectivity index (χ4v) is 5.43. The molecule has 1 N–H and O–H groups in total. The smallest absolute Gasteiger partial charge is 0.123 e. The molecule has 0 bridgehead atoms. The van der Waals surface area contributed by atoms with Crippen LogP contribution >= 0.6 is 0 Å². The number of halogens is 1. The molecule has 2 aromatic rings. The standard InChI is InChI=1S/C26H34FNO/c1-21-6-4-7-22(18-21)8-5-16-28-25(19-23-9-11-24(27)12-10-23)15-17-29-26(20-25)13-2-3-14-26/h4,6-7,9-12,18,28H,2-3,5,8,13-17,19-20H2,1H3. The van der Waals surface area contributed by atoms with Gasteiger partial charge in [0, 0.05) is 12.1 Å². The highest BCUT2D eigenvalue weighted by Gasteiger charge is 2.46. The van der Waals surface area contributed by atoms with E-state index in [0.717, 1.165) is 45.3 Å². The van der Waals surface area contributed by atoms with E-state index < -0.39 is 0 Å². The normalized spacial score (nSPS) is 23.5. The molecule has 1 spiro atoms. The van der Waals surface area contributed by atoms with Gasteiger partial charge < -0.3 is 10.1 Å². The highest BCUT2D eigenvalue weighted by molar-refractivity contribution is 5.23. The molecular formula is C26H34FNO. The lowest BCUT2D eigenvalue weighted by molar-refractivity contribution is -0.106. The largest absolute Gasteiger partial charge is 0.375 e. The monoisotopic (exact) mass is 395 g/mol. The minimum absolute atomic E-state index is 0.0486. The Morgan fingerprint density at radius 3 is 2.55 bits per heavy atom. The van der Waals surface area contributed by atoms with Crippen molar-refractivity contribution in [1.29, 1.82) is 0 Å². The first kappa shape index (κ1) is 20.6. The molecule has 1 heterocycles. The number of aryl methyl sites for hydroxylation is 2. The van der Waals surface area contributed by atoms with Crippen LogP contribution in [0.1, 0.15) is 61.6 Å². The van der Waals surface area contributed by atoms with Crippen molar-refractivity contribution in [3.05, 3.63) is 71.0 Å². The number of benzene rings is 2. The maximum Gasteiger partial charge on any atom is 0.123 e. The molecule has 29 heavy (non-hydrogen) atoms. The van der Waals surface area contributed by atoms with E-state index in [2.05, 4.69) is 36.5 Å². The molecule has 2 aromatic carbocycles. The average Bonchev–Trinajstić information content (AvgIpc) is 3.15. The summed E-state index contributed by atoms with van der Waals surface area (Å²) in [6.07, 6.45) is 10.2. The summed E-state index contributed by atoms with van der Waals surface area (Å²) in [5, 5.41) is 3.96. The number of hydrogen-bond donors (Lipinski definition) is 1. The molecule has 1 aliphatic carbocycles. The van der Waals surface area contributed by atoms with Crippen LogP contribution in [0, 0.1) is 12.7 Å². The highest BCUT2D eigenvalue weighted by atomic mass is 19.1. The van der Waals surface area contributed by atoms with E-state index in [1.165, 1.54) is 42.4 Å². The molecule has 1 aliphatic heterocycles. The van der Waals surface area contributed by atoms with Crippen LogP contribution in [0.25, 0.3) is 0 Å². The summed E-state index contributed by atoms with van der Waals surface area (Å²) in [5.41, 5.74) is 4.07. The Hall–Kier alpha value is -1.71. The number of nitrogens with one attached hydrogen (secondary N) is 1. The maximum absolute atomic E-state index is 13.4. The zero-order valence-electron chi connectivity index (χ0n) is 17.7. The number of hydrogen-bond acceptors (Lipinski definition) is 2. The first-order valence-electron chi connectivity index (χ1n) is 11.3. The third-order valence-corrected chi connectivity index (χ3v) is 6.84. The van der Waals surface area contributed by atoms with Crippen molar-refractivity contribution < 1.29 is 9.13 Å². The zero-order chi connectivity index (χ0) is 20.2. The summed E-state index contributed by atoms with van der Waals surface area (Å²) in [7, 11) is 0. The van der Waals surface area contributed by atoms with Gasteiger partial charge in [0.2, 0.25) is 0 Å². The summed E-state index contributed by atoms with van der Waals surface area (Å²) >= 11 is 0. The Morgan fingerprint density at radius 1 is 1.00 bits per heavy atom. The molecule has 2 aliphatic rings. The molecule has 1 unspecified atom stereocenters. The van der Waals surface area contributed by atoms with E-state index in [4.69, 9.17) is 4.74 Å². The lowest BCUT2D eigenvalue weighted by Crippen LogP contribution is -2.57. The number of rotatable bonds is 7. The quantitative estimate of drug-likeness (QED) is 0.602. The zero-order valence-corrected chi connectivity index (χ0v) is 17.7. The van der Waals surface area contributed by atoms with Crippen molar-refractivity contribution >= 4 is 0 Å². The van der Waals surface area contributed by atoms with Crippen molar-refractivity contribution in [1.82, 2.24) is 5.32 Å². The second-order valence-electron chi connectivity index (χ2n) is 9.27. The molecule has 1 atom stereocenters. The van der Waals surface area contributed by atoms with Crippen LogP contribution in [-0.2, 0) is 17.6 Å². The Morgan fingerprint density at radius 2 is 1.79 bits per heavy atom. The van der Waals surface area contributed by atoms with Gasteiger partial charge in [0.1, 0.15) is 5.82 Å². The number of ether oxygens (including phenoxy) is 1. The van der Waals surface area contributed by atoms with E-state index in [1.54, 1.807) is 12.1 Å². The van der Waals surface area contributed by atoms with E-state index in [-0.39, 0.29) is 17.0 Å². The SMILES string of the molecule is Cc1cccc(CCCNC2(Cc3ccc(F)cc3)CCOC3(CCCC3)C2)c1. The predicted octanol–water partition coefficient (Wildman–Crippen LogP) is 5.76. The van der Waals surface area contributed by atoms with Gasteiger partial charge in [-0.1, -0.05) is 54.8 Å². The second kappa shape index (κ2) is 8.97. The Kier molecular flexibility index (Phi) is 6.36. The highest BCUT2D eigenvalue weighted by Crippen LogP contribution is 2.44. The molecule has 1 saturated heterocycles. The van der Waals surface area contributed by atoms with Crippen LogP contribution in [0.4, 0.5) is 4.39 Å². The van der Waals surface area contributed by atoms with Gasteiger partial charge in [0.25, 0.3) is 0 Å². The fraction of sp³-hybridized carbons (Fsp3) is 0.538.